The van der Waals surface area contributed by atoms with Gasteiger partial charge in [-0.25, -0.2) is 0 Å². The Labute approximate surface area is 146 Å². The van der Waals surface area contributed by atoms with Gasteiger partial charge in [-0.1, -0.05) is 54.6 Å². The Hall–Kier alpha value is -1.68. The number of benzene rings is 2. The van der Waals surface area contributed by atoms with Crippen LogP contribution in [0.4, 0.5) is 0 Å². The summed E-state index contributed by atoms with van der Waals surface area (Å²) < 4.78 is 0. The number of aliphatic hydroxyl groups is 1. The Morgan fingerprint density at radius 3 is 2.21 bits per heavy atom. The lowest BCUT2D eigenvalue weighted by Gasteiger charge is -2.21. The van der Waals surface area contributed by atoms with E-state index in [1.54, 1.807) is 0 Å². The second-order valence-corrected chi connectivity index (χ2v) is 6.73. The van der Waals surface area contributed by atoms with Gasteiger partial charge in [0.05, 0.1) is 0 Å². The number of hydrogen-bond donors (Lipinski definition) is 2. The molecule has 0 bridgehead atoms. The monoisotopic (exact) mass is 326 g/mol. The van der Waals surface area contributed by atoms with Gasteiger partial charge in [-0.15, -0.1) is 0 Å². The maximum absolute atomic E-state index is 9.35. The van der Waals surface area contributed by atoms with E-state index >= 15 is 0 Å². The Balaban J connectivity index is 1.94. The van der Waals surface area contributed by atoms with Crippen LogP contribution < -0.4 is 5.32 Å². The van der Waals surface area contributed by atoms with Crippen LogP contribution >= 0.6 is 0 Å². The van der Waals surface area contributed by atoms with Crippen LogP contribution in [0.5, 0.6) is 0 Å². The van der Waals surface area contributed by atoms with Crippen LogP contribution in [-0.2, 0) is 6.54 Å². The van der Waals surface area contributed by atoms with Gasteiger partial charge >= 0.3 is 0 Å². The van der Waals surface area contributed by atoms with Gasteiger partial charge in [-0.3, -0.25) is 0 Å². The Kier molecular flexibility index (Phi) is 7.44. The molecule has 0 aliphatic carbocycles. The first kappa shape index (κ1) is 18.7. The third-order valence-corrected chi connectivity index (χ3v) is 4.40. The second-order valence-electron chi connectivity index (χ2n) is 6.73. The maximum atomic E-state index is 9.35. The summed E-state index contributed by atoms with van der Waals surface area (Å²) in [5.41, 5.74) is 3.92. The minimum atomic E-state index is 0.217. The van der Waals surface area contributed by atoms with Gasteiger partial charge in [0.25, 0.3) is 0 Å². The van der Waals surface area contributed by atoms with Crippen molar-refractivity contribution in [3.8, 4) is 0 Å². The molecule has 0 radical (unpaired) electrons. The van der Waals surface area contributed by atoms with E-state index in [0.29, 0.717) is 12.0 Å². The van der Waals surface area contributed by atoms with Gasteiger partial charge < -0.3 is 15.3 Å². The molecule has 0 aliphatic heterocycles. The predicted molar refractivity (Wildman–Crippen MR) is 101 cm³/mol. The molecule has 2 N–H and O–H groups in total. The molecule has 0 aliphatic rings. The summed E-state index contributed by atoms with van der Waals surface area (Å²) in [7, 11) is 4.17. The van der Waals surface area contributed by atoms with Crippen molar-refractivity contribution in [2.75, 3.05) is 27.2 Å². The first-order valence-electron chi connectivity index (χ1n) is 8.73. The molecule has 24 heavy (non-hydrogen) atoms. The lowest BCUT2D eigenvalue weighted by Crippen LogP contribution is -2.25. The molecular weight excluding hydrogens is 296 g/mol. The van der Waals surface area contributed by atoms with Crippen molar-refractivity contribution in [1.82, 2.24) is 10.2 Å². The average Bonchev–Trinajstić information content (AvgIpc) is 2.59. The zero-order valence-corrected chi connectivity index (χ0v) is 15.1. The maximum Gasteiger partial charge on any atom is 0.0437 e. The number of aliphatic hydroxyl groups excluding tert-OH is 1. The molecule has 2 rings (SSSR count). The number of nitrogens with zero attached hydrogens (tertiary/aromatic N) is 1. The van der Waals surface area contributed by atoms with Crippen LogP contribution in [0.1, 0.15) is 42.0 Å². The van der Waals surface area contributed by atoms with Gasteiger partial charge in [0.15, 0.2) is 0 Å². The van der Waals surface area contributed by atoms with E-state index in [2.05, 4.69) is 79.8 Å². The average molecular weight is 326 g/mol. The SMILES string of the molecule is CC(NCC(CCO)c1ccccc1)c1ccc(CN(C)C)cc1. The second kappa shape index (κ2) is 9.58. The molecular formula is C21H30N2O. The minimum absolute atomic E-state index is 0.217. The fourth-order valence-corrected chi connectivity index (χ4v) is 2.98. The highest BCUT2D eigenvalue weighted by atomic mass is 16.3. The molecule has 3 nitrogen and oxygen atoms in total. The van der Waals surface area contributed by atoms with Gasteiger partial charge in [0.2, 0.25) is 0 Å². The van der Waals surface area contributed by atoms with E-state index in [0.717, 1.165) is 19.5 Å². The van der Waals surface area contributed by atoms with Crippen molar-refractivity contribution in [1.29, 1.82) is 0 Å². The van der Waals surface area contributed by atoms with Gasteiger partial charge in [-0.2, -0.15) is 0 Å². The first-order chi connectivity index (χ1) is 11.6. The van der Waals surface area contributed by atoms with E-state index in [9.17, 15) is 5.11 Å². The zero-order valence-electron chi connectivity index (χ0n) is 15.1. The van der Waals surface area contributed by atoms with Crippen molar-refractivity contribution in [3.63, 3.8) is 0 Å². The van der Waals surface area contributed by atoms with Crippen LogP contribution in [0.3, 0.4) is 0 Å². The summed E-state index contributed by atoms with van der Waals surface area (Å²) in [5, 5.41) is 13.0. The van der Waals surface area contributed by atoms with Crippen LogP contribution in [0, 0.1) is 0 Å². The van der Waals surface area contributed by atoms with Crippen LogP contribution in [-0.4, -0.2) is 37.3 Å². The topological polar surface area (TPSA) is 35.5 Å². The van der Waals surface area contributed by atoms with E-state index < -0.39 is 0 Å². The molecule has 0 spiro atoms. The standard InChI is InChI=1S/C21H30N2O/c1-17(19-11-9-18(10-12-19)16-23(2)3)22-15-21(13-14-24)20-7-5-4-6-8-20/h4-12,17,21-22,24H,13-16H2,1-3H3. The summed E-state index contributed by atoms with van der Waals surface area (Å²) in [4.78, 5) is 2.18. The Morgan fingerprint density at radius 1 is 0.958 bits per heavy atom. The normalized spacial score (nSPS) is 13.9. The highest BCUT2D eigenvalue weighted by Gasteiger charge is 2.13. The van der Waals surface area contributed by atoms with E-state index in [-0.39, 0.29) is 6.61 Å². The quantitative estimate of drug-likeness (QED) is 0.739. The summed E-state index contributed by atoms with van der Waals surface area (Å²) >= 11 is 0. The highest BCUT2D eigenvalue weighted by molar-refractivity contribution is 5.25. The molecule has 0 fully saturated rings. The summed E-state index contributed by atoms with van der Waals surface area (Å²) in [5.74, 6) is 0.340. The smallest absolute Gasteiger partial charge is 0.0437 e. The van der Waals surface area contributed by atoms with Gasteiger partial charge in [-0.05, 0) is 50.0 Å². The first-order valence-corrected chi connectivity index (χ1v) is 8.73. The molecule has 2 atom stereocenters. The Bertz CT molecular complexity index is 581. The fraction of sp³-hybridized carbons (Fsp3) is 0.429. The van der Waals surface area contributed by atoms with Crippen LogP contribution in [0.2, 0.25) is 0 Å². The highest BCUT2D eigenvalue weighted by Crippen LogP contribution is 2.20. The summed E-state index contributed by atoms with van der Waals surface area (Å²) in [6.07, 6.45) is 0.783. The molecule has 2 aromatic carbocycles. The molecule has 2 aromatic rings. The Morgan fingerprint density at radius 2 is 1.62 bits per heavy atom. The summed E-state index contributed by atoms with van der Waals surface area (Å²) in [6.45, 7) is 4.25. The number of rotatable bonds is 9. The molecule has 0 saturated carbocycles. The van der Waals surface area contributed by atoms with Crippen molar-refractivity contribution >= 4 is 0 Å². The van der Waals surface area contributed by atoms with Crippen molar-refractivity contribution < 1.29 is 5.11 Å². The molecule has 0 amide bonds. The third kappa shape index (κ3) is 5.75. The van der Waals surface area contributed by atoms with Crippen molar-refractivity contribution in [2.24, 2.45) is 0 Å². The summed E-state index contributed by atoms with van der Waals surface area (Å²) in [6, 6.07) is 19.6. The predicted octanol–water partition coefficient (Wildman–Crippen LogP) is 3.57. The molecule has 2 unspecified atom stereocenters. The molecule has 130 valence electrons. The number of hydrogen-bond acceptors (Lipinski definition) is 3. The molecule has 3 heteroatoms. The lowest BCUT2D eigenvalue weighted by molar-refractivity contribution is 0.272. The van der Waals surface area contributed by atoms with Gasteiger partial charge in [0.1, 0.15) is 0 Å². The minimum Gasteiger partial charge on any atom is -0.396 e. The largest absolute Gasteiger partial charge is 0.396 e. The van der Waals surface area contributed by atoms with E-state index in [1.165, 1.54) is 16.7 Å². The zero-order chi connectivity index (χ0) is 17.4. The molecule has 0 aromatic heterocycles. The lowest BCUT2D eigenvalue weighted by atomic mass is 9.95. The third-order valence-electron chi connectivity index (χ3n) is 4.40. The van der Waals surface area contributed by atoms with E-state index in [1.807, 2.05) is 6.07 Å². The van der Waals surface area contributed by atoms with Crippen LogP contribution in [0.15, 0.2) is 54.6 Å². The fourth-order valence-electron chi connectivity index (χ4n) is 2.98. The van der Waals surface area contributed by atoms with Crippen molar-refractivity contribution in [3.05, 3.63) is 71.3 Å². The molecule has 0 heterocycles. The van der Waals surface area contributed by atoms with E-state index in [4.69, 9.17) is 0 Å². The van der Waals surface area contributed by atoms with Crippen molar-refractivity contribution in [2.45, 2.75) is 31.8 Å². The van der Waals surface area contributed by atoms with Crippen LogP contribution in [0.25, 0.3) is 0 Å². The van der Waals surface area contributed by atoms with Gasteiger partial charge in [0, 0.05) is 25.7 Å². The molecule has 0 saturated heterocycles. The number of nitrogens with one attached hydrogen (secondary N) is 1.